The molecule has 33 heavy (non-hydrogen) atoms. The highest BCUT2D eigenvalue weighted by Crippen LogP contribution is 2.29. The molecule has 0 aliphatic rings. The molecule has 2 heterocycles. The minimum Gasteiger partial charge on any atom is -0.490 e. The van der Waals surface area contributed by atoms with E-state index in [2.05, 4.69) is 15.5 Å². The third-order valence-corrected chi connectivity index (χ3v) is 5.63. The Kier molecular flexibility index (Phi) is 7.26. The van der Waals surface area contributed by atoms with Crippen molar-refractivity contribution in [3.63, 3.8) is 0 Å². The molecule has 0 atom stereocenters. The standard InChI is InChI=1S/C25H25N3O4S/c1-3-30-22-12-7-17(14-23(22)31-4-2)16-32-19-10-8-18(9-11-19)26-25(29)21-15-20(27-28-21)24-6-5-13-33-24/h5-15H,3-4,16H2,1-2H3,(H,26,29)(H,27,28). The van der Waals surface area contributed by atoms with Gasteiger partial charge in [-0.25, -0.2) is 0 Å². The van der Waals surface area contributed by atoms with E-state index >= 15 is 0 Å². The van der Waals surface area contributed by atoms with E-state index < -0.39 is 0 Å². The maximum Gasteiger partial charge on any atom is 0.276 e. The summed E-state index contributed by atoms with van der Waals surface area (Å²) in [6.45, 7) is 5.40. The largest absolute Gasteiger partial charge is 0.490 e. The van der Waals surface area contributed by atoms with Crippen molar-refractivity contribution in [3.05, 3.63) is 77.3 Å². The van der Waals surface area contributed by atoms with Gasteiger partial charge >= 0.3 is 0 Å². The Morgan fingerprint density at radius 3 is 2.48 bits per heavy atom. The second-order valence-corrected chi connectivity index (χ2v) is 8.01. The van der Waals surface area contributed by atoms with Crippen LogP contribution in [0.5, 0.6) is 17.2 Å². The van der Waals surface area contributed by atoms with Crippen LogP contribution in [0, 0.1) is 0 Å². The van der Waals surface area contributed by atoms with Gasteiger partial charge in [0.2, 0.25) is 0 Å². The monoisotopic (exact) mass is 463 g/mol. The van der Waals surface area contributed by atoms with Crippen LogP contribution in [0.25, 0.3) is 10.6 Å². The molecule has 2 N–H and O–H groups in total. The van der Waals surface area contributed by atoms with Crippen LogP contribution in [0.3, 0.4) is 0 Å². The lowest BCUT2D eigenvalue weighted by molar-refractivity contribution is 0.102. The Morgan fingerprint density at radius 2 is 1.76 bits per heavy atom. The first kappa shape index (κ1) is 22.4. The van der Waals surface area contributed by atoms with Gasteiger partial charge in [0.1, 0.15) is 12.4 Å². The van der Waals surface area contributed by atoms with Crippen molar-refractivity contribution in [3.8, 4) is 27.8 Å². The fraction of sp³-hybridized carbons (Fsp3) is 0.200. The molecule has 1 amide bonds. The average molecular weight is 464 g/mol. The van der Waals surface area contributed by atoms with Gasteiger partial charge in [0.05, 0.1) is 23.8 Å². The van der Waals surface area contributed by atoms with Gasteiger partial charge in [0.25, 0.3) is 5.91 Å². The molecule has 2 aromatic carbocycles. The molecule has 4 rings (SSSR count). The summed E-state index contributed by atoms with van der Waals surface area (Å²) in [6, 6.07) is 18.7. The van der Waals surface area contributed by atoms with Crippen molar-refractivity contribution >= 4 is 22.9 Å². The number of amides is 1. The quantitative estimate of drug-likeness (QED) is 0.312. The number of aromatic nitrogens is 2. The van der Waals surface area contributed by atoms with Gasteiger partial charge in [-0.3, -0.25) is 9.89 Å². The number of H-pyrrole nitrogens is 1. The van der Waals surface area contributed by atoms with E-state index in [1.807, 2.05) is 61.7 Å². The fourth-order valence-electron chi connectivity index (χ4n) is 3.18. The summed E-state index contributed by atoms with van der Waals surface area (Å²) in [5.41, 5.74) is 2.78. The Hall–Kier alpha value is -3.78. The number of nitrogens with one attached hydrogen (secondary N) is 2. The van der Waals surface area contributed by atoms with Crippen LogP contribution in [0.1, 0.15) is 29.9 Å². The lowest BCUT2D eigenvalue weighted by Gasteiger charge is -2.13. The van der Waals surface area contributed by atoms with Crippen LogP contribution >= 0.6 is 11.3 Å². The molecule has 0 spiro atoms. The molecule has 4 aromatic rings. The summed E-state index contributed by atoms with van der Waals surface area (Å²) in [5.74, 6) is 1.85. The SMILES string of the molecule is CCOc1ccc(COc2ccc(NC(=O)c3cc(-c4cccs4)[nH]n3)cc2)cc1OCC. The number of benzene rings is 2. The zero-order valence-electron chi connectivity index (χ0n) is 18.5. The topological polar surface area (TPSA) is 85.5 Å². The molecule has 170 valence electrons. The van der Waals surface area contributed by atoms with Crippen LogP contribution in [-0.4, -0.2) is 29.3 Å². The summed E-state index contributed by atoms with van der Waals surface area (Å²) in [5, 5.41) is 11.8. The summed E-state index contributed by atoms with van der Waals surface area (Å²) >= 11 is 1.59. The van der Waals surface area contributed by atoms with Crippen molar-refractivity contribution in [2.24, 2.45) is 0 Å². The summed E-state index contributed by atoms with van der Waals surface area (Å²) in [4.78, 5) is 13.5. The van der Waals surface area contributed by atoms with Crippen LogP contribution in [0.15, 0.2) is 66.0 Å². The second kappa shape index (κ2) is 10.7. The first-order chi connectivity index (χ1) is 16.2. The van der Waals surface area contributed by atoms with E-state index in [1.54, 1.807) is 29.5 Å². The Labute approximate surface area is 196 Å². The first-order valence-corrected chi connectivity index (χ1v) is 11.6. The van der Waals surface area contributed by atoms with Crippen LogP contribution in [-0.2, 0) is 6.61 Å². The molecule has 0 fully saturated rings. The number of carbonyl (C=O) groups is 1. The lowest BCUT2D eigenvalue weighted by Crippen LogP contribution is -2.12. The van der Waals surface area contributed by atoms with Crippen molar-refractivity contribution < 1.29 is 19.0 Å². The molecular formula is C25H25N3O4S. The highest BCUT2D eigenvalue weighted by Gasteiger charge is 2.12. The zero-order valence-corrected chi connectivity index (χ0v) is 19.3. The highest BCUT2D eigenvalue weighted by atomic mass is 32.1. The van der Waals surface area contributed by atoms with Crippen molar-refractivity contribution in [1.29, 1.82) is 0 Å². The van der Waals surface area contributed by atoms with Crippen LogP contribution < -0.4 is 19.5 Å². The third kappa shape index (κ3) is 5.72. The molecular weight excluding hydrogens is 438 g/mol. The maximum atomic E-state index is 12.5. The van der Waals surface area contributed by atoms with Crippen molar-refractivity contribution in [1.82, 2.24) is 10.2 Å². The number of thiophene rings is 1. The van der Waals surface area contributed by atoms with Crippen molar-refractivity contribution in [2.45, 2.75) is 20.5 Å². The minimum absolute atomic E-state index is 0.277. The number of nitrogens with zero attached hydrogens (tertiary/aromatic N) is 1. The molecule has 2 aromatic heterocycles. The molecule has 8 heteroatoms. The number of anilines is 1. The van der Waals surface area contributed by atoms with Gasteiger partial charge in [0, 0.05) is 5.69 Å². The van der Waals surface area contributed by atoms with Gasteiger partial charge in [0.15, 0.2) is 17.2 Å². The van der Waals surface area contributed by atoms with E-state index in [-0.39, 0.29) is 5.91 Å². The highest BCUT2D eigenvalue weighted by molar-refractivity contribution is 7.13. The normalized spacial score (nSPS) is 10.6. The van der Waals surface area contributed by atoms with Gasteiger partial charge in [-0.1, -0.05) is 12.1 Å². The fourth-order valence-corrected chi connectivity index (χ4v) is 3.87. The molecule has 0 bridgehead atoms. The molecule has 0 unspecified atom stereocenters. The summed E-state index contributed by atoms with van der Waals surface area (Å²) in [6.07, 6.45) is 0. The lowest BCUT2D eigenvalue weighted by atomic mass is 10.2. The van der Waals surface area contributed by atoms with E-state index in [0.717, 1.165) is 21.9 Å². The van der Waals surface area contributed by atoms with E-state index in [9.17, 15) is 4.79 Å². The zero-order chi connectivity index (χ0) is 23.0. The number of hydrogen-bond donors (Lipinski definition) is 2. The number of ether oxygens (including phenoxy) is 3. The maximum absolute atomic E-state index is 12.5. The van der Waals surface area contributed by atoms with Gasteiger partial charge < -0.3 is 19.5 Å². The van der Waals surface area contributed by atoms with Crippen LogP contribution in [0.2, 0.25) is 0 Å². The van der Waals surface area contributed by atoms with Gasteiger partial charge in [-0.05, 0) is 73.3 Å². The number of rotatable bonds is 10. The molecule has 0 aliphatic heterocycles. The Balaban J connectivity index is 1.34. The van der Waals surface area contributed by atoms with Gasteiger partial charge in [-0.15, -0.1) is 11.3 Å². The number of carbonyl (C=O) groups excluding carboxylic acids is 1. The third-order valence-electron chi connectivity index (χ3n) is 4.72. The van der Waals surface area contributed by atoms with E-state index in [0.29, 0.717) is 42.7 Å². The summed E-state index contributed by atoms with van der Waals surface area (Å²) < 4.78 is 17.2. The molecule has 0 saturated heterocycles. The molecule has 7 nitrogen and oxygen atoms in total. The van der Waals surface area contributed by atoms with Crippen molar-refractivity contribution in [2.75, 3.05) is 18.5 Å². The average Bonchev–Trinajstić information content (AvgIpc) is 3.53. The van der Waals surface area contributed by atoms with Gasteiger partial charge in [-0.2, -0.15) is 5.10 Å². The summed E-state index contributed by atoms with van der Waals surface area (Å²) in [7, 11) is 0. The van der Waals surface area contributed by atoms with Crippen LogP contribution in [0.4, 0.5) is 5.69 Å². The van der Waals surface area contributed by atoms with E-state index in [1.165, 1.54) is 0 Å². The number of aromatic amines is 1. The predicted molar refractivity (Wildman–Crippen MR) is 129 cm³/mol. The van der Waals surface area contributed by atoms with E-state index in [4.69, 9.17) is 14.2 Å². The Bertz CT molecular complexity index is 1190. The minimum atomic E-state index is -0.277. The predicted octanol–water partition coefficient (Wildman–Crippen LogP) is 5.77. The first-order valence-electron chi connectivity index (χ1n) is 10.7. The number of hydrogen-bond acceptors (Lipinski definition) is 6. The second-order valence-electron chi connectivity index (χ2n) is 7.06. The molecule has 0 aliphatic carbocycles. The smallest absolute Gasteiger partial charge is 0.276 e. The molecule has 0 saturated carbocycles. The Morgan fingerprint density at radius 1 is 0.970 bits per heavy atom. The molecule has 0 radical (unpaired) electrons.